The van der Waals surface area contributed by atoms with Crippen LogP contribution in [0.15, 0.2) is 30.3 Å². The summed E-state index contributed by atoms with van der Waals surface area (Å²) in [6.07, 6.45) is -0.360. The van der Waals surface area contributed by atoms with Crippen molar-refractivity contribution in [2.24, 2.45) is 5.92 Å². The van der Waals surface area contributed by atoms with E-state index in [2.05, 4.69) is 5.32 Å². The molecule has 1 N–H and O–H groups in total. The molecule has 0 aromatic heterocycles. The molecule has 0 bridgehead atoms. The number of hydrogen-bond acceptors (Lipinski definition) is 3. The maximum atomic E-state index is 13.7. The highest BCUT2D eigenvalue weighted by molar-refractivity contribution is 5.73. The number of halogens is 2. The quantitative estimate of drug-likeness (QED) is 0.843. The first-order chi connectivity index (χ1) is 10.4. The third kappa shape index (κ3) is 4.26. The fourth-order valence-electron chi connectivity index (χ4n) is 2.99. The Hall–Kier alpha value is -1.49. The van der Waals surface area contributed by atoms with Crippen molar-refractivity contribution in [1.29, 1.82) is 0 Å². The van der Waals surface area contributed by atoms with Crippen molar-refractivity contribution in [3.8, 4) is 0 Å². The maximum absolute atomic E-state index is 13.7. The predicted molar refractivity (Wildman–Crippen MR) is 80.7 cm³/mol. The van der Waals surface area contributed by atoms with Crippen LogP contribution in [0.3, 0.4) is 0 Å². The molecule has 22 heavy (non-hydrogen) atoms. The Morgan fingerprint density at radius 3 is 2.73 bits per heavy atom. The van der Waals surface area contributed by atoms with Crippen molar-refractivity contribution in [2.75, 3.05) is 6.61 Å². The summed E-state index contributed by atoms with van der Waals surface area (Å²) < 4.78 is 32.3. The minimum Gasteiger partial charge on any atom is -0.466 e. The van der Waals surface area contributed by atoms with Gasteiger partial charge in [-0.1, -0.05) is 30.3 Å². The van der Waals surface area contributed by atoms with Crippen LogP contribution < -0.4 is 5.32 Å². The summed E-state index contributed by atoms with van der Waals surface area (Å²) in [4.78, 5) is 12.0. The van der Waals surface area contributed by atoms with Crippen LogP contribution in [0.1, 0.15) is 44.7 Å². The molecular weight excluding hydrogens is 288 g/mol. The monoisotopic (exact) mass is 311 g/mol. The van der Waals surface area contributed by atoms with Gasteiger partial charge in [0.25, 0.3) is 0 Å². The maximum Gasteiger partial charge on any atom is 0.310 e. The number of rotatable bonds is 5. The van der Waals surface area contributed by atoms with Crippen LogP contribution in [-0.4, -0.2) is 24.5 Å². The van der Waals surface area contributed by atoms with Crippen molar-refractivity contribution in [3.05, 3.63) is 35.9 Å². The van der Waals surface area contributed by atoms with Crippen LogP contribution >= 0.6 is 0 Å². The lowest BCUT2D eigenvalue weighted by Gasteiger charge is -2.36. The van der Waals surface area contributed by atoms with Gasteiger partial charge in [-0.15, -0.1) is 0 Å². The molecule has 2 rings (SSSR count). The van der Waals surface area contributed by atoms with Crippen LogP contribution in [0.2, 0.25) is 0 Å². The topological polar surface area (TPSA) is 38.3 Å². The zero-order valence-corrected chi connectivity index (χ0v) is 13.0. The molecule has 0 spiro atoms. The van der Waals surface area contributed by atoms with Gasteiger partial charge in [-0.3, -0.25) is 4.79 Å². The molecule has 1 aromatic carbocycles. The Morgan fingerprint density at radius 1 is 1.41 bits per heavy atom. The molecule has 0 amide bonds. The van der Waals surface area contributed by atoms with E-state index in [1.807, 2.05) is 37.3 Å². The molecule has 5 heteroatoms. The normalized spacial score (nSPS) is 25.5. The molecule has 1 saturated carbocycles. The van der Waals surface area contributed by atoms with E-state index in [-0.39, 0.29) is 31.5 Å². The molecule has 0 saturated heterocycles. The highest BCUT2D eigenvalue weighted by Gasteiger charge is 2.45. The van der Waals surface area contributed by atoms with Gasteiger partial charge in [-0.2, -0.15) is 0 Å². The fraction of sp³-hybridized carbons (Fsp3) is 0.588. The van der Waals surface area contributed by atoms with Crippen LogP contribution in [0.25, 0.3) is 0 Å². The van der Waals surface area contributed by atoms with E-state index < -0.39 is 24.2 Å². The van der Waals surface area contributed by atoms with Crippen molar-refractivity contribution in [2.45, 2.75) is 51.1 Å². The summed E-state index contributed by atoms with van der Waals surface area (Å²) in [5.41, 5.74) is 1.07. The Labute approximate surface area is 130 Å². The first-order valence-electron chi connectivity index (χ1n) is 7.78. The second kappa shape index (κ2) is 7.18. The number of alkyl halides is 2. The Balaban J connectivity index is 2.08. The number of ether oxygens (including phenoxy) is 1. The molecule has 1 aromatic rings. The minimum atomic E-state index is -2.79. The van der Waals surface area contributed by atoms with E-state index in [0.717, 1.165) is 5.56 Å². The Bertz CT molecular complexity index is 493. The first kappa shape index (κ1) is 16.9. The lowest BCUT2D eigenvalue weighted by molar-refractivity contribution is -0.157. The molecule has 0 aliphatic heterocycles. The summed E-state index contributed by atoms with van der Waals surface area (Å²) in [5.74, 6) is -4.11. The SMILES string of the molecule is CCOC(=O)[C@@H]1CC(F)(F)CC[C@@H]1N[C@@H](C)c1ccccc1. The first-order valence-corrected chi connectivity index (χ1v) is 7.78. The lowest BCUT2D eigenvalue weighted by Crippen LogP contribution is -2.48. The van der Waals surface area contributed by atoms with Gasteiger partial charge in [-0.05, 0) is 25.8 Å². The molecule has 1 aliphatic rings. The van der Waals surface area contributed by atoms with Gasteiger partial charge in [0.15, 0.2) is 0 Å². The van der Waals surface area contributed by atoms with Crippen LogP contribution in [-0.2, 0) is 9.53 Å². The predicted octanol–water partition coefficient (Wildman–Crippen LogP) is 3.70. The van der Waals surface area contributed by atoms with Gasteiger partial charge in [0.2, 0.25) is 5.92 Å². The van der Waals surface area contributed by atoms with Gasteiger partial charge in [-0.25, -0.2) is 8.78 Å². The molecular formula is C17H23F2NO2. The lowest BCUT2D eigenvalue weighted by atomic mass is 9.81. The molecule has 3 atom stereocenters. The van der Waals surface area contributed by atoms with Gasteiger partial charge >= 0.3 is 5.97 Å². The van der Waals surface area contributed by atoms with E-state index in [9.17, 15) is 13.6 Å². The van der Waals surface area contributed by atoms with Crippen LogP contribution in [0.5, 0.6) is 0 Å². The van der Waals surface area contributed by atoms with E-state index in [1.165, 1.54) is 0 Å². The highest BCUT2D eigenvalue weighted by atomic mass is 19.3. The van der Waals surface area contributed by atoms with Crippen molar-refractivity contribution < 1.29 is 18.3 Å². The average molecular weight is 311 g/mol. The second-order valence-corrected chi connectivity index (χ2v) is 5.86. The van der Waals surface area contributed by atoms with E-state index in [0.29, 0.717) is 0 Å². The van der Waals surface area contributed by atoms with E-state index in [1.54, 1.807) is 6.92 Å². The number of carbonyl (C=O) groups is 1. The van der Waals surface area contributed by atoms with Gasteiger partial charge in [0, 0.05) is 24.9 Å². The Morgan fingerprint density at radius 2 is 2.09 bits per heavy atom. The Kier molecular flexibility index (Phi) is 5.51. The second-order valence-electron chi connectivity index (χ2n) is 5.86. The van der Waals surface area contributed by atoms with Crippen LogP contribution in [0, 0.1) is 5.92 Å². The smallest absolute Gasteiger partial charge is 0.310 e. The highest BCUT2D eigenvalue weighted by Crippen LogP contribution is 2.38. The fourth-order valence-corrected chi connectivity index (χ4v) is 2.99. The van der Waals surface area contributed by atoms with Crippen LogP contribution in [0.4, 0.5) is 8.78 Å². The molecule has 3 nitrogen and oxygen atoms in total. The third-order valence-corrected chi connectivity index (χ3v) is 4.18. The van der Waals surface area contributed by atoms with Crippen molar-refractivity contribution in [1.82, 2.24) is 5.32 Å². The molecule has 0 radical (unpaired) electrons. The largest absolute Gasteiger partial charge is 0.466 e. The molecule has 1 aliphatic carbocycles. The standard InChI is InChI=1S/C17H23F2NO2/c1-3-22-16(21)14-11-17(18,19)10-9-15(14)20-12(2)13-7-5-4-6-8-13/h4-8,12,14-15,20H,3,9-11H2,1-2H3/t12-,14+,15-/m0/s1. The summed E-state index contributed by atoms with van der Waals surface area (Å²) in [5, 5.41) is 3.33. The van der Waals surface area contributed by atoms with Crippen molar-refractivity contribution in [3.63, 3.8) is 0 Å². The summed E-state index contributed by atoms with van der Waals surface area (Å²) in [6, 6.07) is 9.47. The van der Waals surface area contributed by atoms with Gasteiger partial charge in [0.1, 0.15) is 0 Å². The molecule has 0 heterocycles. The number of benzene rings is 1. The number of esters is 1. The molecule has 1 fully saturated rings. The number of carbonyl (C=O) groups excluding carboxylic acids is 1. The van der Waals surface area contributed by atoms with E-state index in [4.69, 9.17) is 4.74 Å². The molecule has 0 unspecified atom stereocenters. The zero-order valence-electron chi connectivity index (χ0n) is 13.0. The summed E-state index contributed by atoms with van der Waals surface area (Å²) in [7, 11) is 0. The summed E-state index contributed by atoms with van der Waals surface area (Å²) >= 11 is 0. The number of nitrogens with one attached hydrogen (secondary N) is 1. The van der Waals surface area contributed by atoms with Crippen molar-refractivity contribution >= 4 is 5.97 Å². The number of hydrogen-bond donors (Lipinski definition) is 1. The average Bonchev–Trinajstić information content (AvgIpc) is 2.50. The summed E-state index contributed by atoms with van der Waals surface area (Å²) in [6.45, 7) is 3.88. The van der Waals surface area contributed by atoms with Gasteiger partial charge < -0.3 is 10.1 Å². The van der Waals surface area contributed by atoms with Gasteiger partial charge in [0.05, 0.1) is 12.5 Å². The third-order valence-electron chi connectivity index (χ3n) is 4.18. The van der Waals surface area contributed by atoms with E-state index >= 15 is 0 Å². The minimum absolute atomic E-state index is 0.00477. The zero-order chi connectivity index (χ0) is 16.2. The molecule has 122 valence electrons.